The van der Waals surface area contributed by atoms with Crippen molar-refractivity contribution >= 4 is 27.3 Å². The first-order chi connectivity index (χ1) is 8.61. The fourth-order valence-corrected chi connectivity index (χ4v) is 3.83. The summed E-state index contributed by atoms with van der Waals surface area (Å²) in [6.45, 7) is 7.44. The molecule has 1 nitrogen and oxygen atoms in total. The molecule has 2 aromatic rings. The van der Waals surface area contributed by atoms with Gasteiger partial charge in [-0.25, -0.2) is 0 Å². The van der Waals surface area contributed by atoms with Gasteiger partial charge in [-0.1, -0.05) is 28.9 Å². The van der Waals surface area contributed by atoms with Gasteiger partial charge in [-0.15, -0.1) is 11.3 Å². The molecule has 0 radical (unpaired) electrons. The van der Waals surface area contributed by atoms with Gasteiger partial charge in [0.2, 0.25) is 0 Å². The van der Waals surface area contributed by atoms with Crippen molar-refractivity contribution in [1.82, 2.24) is 5.32 Å². The summed E-state index contributed by atoms with van der Waals surface area (Å²) in [6, 6.07) is 9.10. The van der Waals surface area contributed by atoms with Crippen LogP contribution in [0.25, 0.3) is 0 Å². The maximum Gasteiger partial charge on any atom is 0.0674 e. The van der Waals surface area contributed by atoms with Crippen LogP contribution in [0.2, 0.25) is 0 Å². The largest absolute Gasteiger partial charge is 0.306 e. The first-order valence-electron chi connectivity index (χ1n) is 6.16. The fourth-order valence-electron chi connectivity index (χ4n) is 2.18. The third kappa shape index (κ3) is 3.02. The van der Waals surface area contributed by atoms with Gasteiger partial charge in [0.1, 0.15) is 0 Å². The Kier molecular flexibility index (Phi) is 4.60. The van der Waals surface area contributed by atoms with Gasteiger partial charge in [0.15, 0.2) is 0 Å². The summed E-state index contributed by atoms with van der Waals surface area (Å²) in [4.78, 5) is 1.41. The Bertz CT molecular complexity index is 513. The molecule has 1 N–H and O–H groups in total. The van der Waals surface area contributed by atoms with E-state index < -0.39 is 0 Å². The Hall–Kier alpha value is -0.640. The second-order valence-corrected chi connectivity index (χ2v) is 6.38. The maximum atomic E-state index is 3.59. The van der Waals surface area contributed by atoms with E-state index in [9.17, 15) is 0 Å². The van der Waals surface area contributed by atoms with Crippen molar-refractivity contribution in [3.05, 3.63) is 55.7 Å². The van der Waals surface area contributed by atoms with E-state index in [0.717, 1.165) is 11.0 Å². The van der Waals surface area contributed by atoms with Crippen molar-refractivity contribution in [2.24, 2.45) is 0 Å². The van der Waals surface area contributed by atoms with E-state index >= 15 is 0 Å². The molecule has 0 aliphatic heterocycles. The lowest BCUT2D eigenvalue weighted by molar-refractivity contribution is 0.636. The Morgan fingerprint density at radius 3 is 2.61 bits per heavy atom. The number of thiophene rings is 1. The molecular formula is C15H18BrNS. The highest BCUT2D eigenvalue weighted by atomic mass is 79.9. The van der Waals surface area contributed by atoms with Crippen LogP contribution in [0.1, 0.15) is 34.5 Å². The zero-order valence-electron chi connectivity index (χ0n) is 11.0. The quantitative estimate of drug-likeness (QED) is 0.850. The minimum atomic E-state index is 0.297. The zero-order chi connectivity index (χ0) is 13.1. The number of hydrogen-bond acceptors (Lipinski definition) is 2. The van der Waals surface area contributed by atoms with E-state index in [1.165, 1.54) is 21.6 Å². The van der Waals surface area contributed by atoms with E-state index in [4.69, 9.17) is 0 Å². The lowest BCUT2D eigenvalue weighted by Crippen LogP contribution is -2.21. The van der Waals surface area contributed by atoms with Crippen LogP contribution in [0, 0.1) is 13.8 Å². The first-order valence-corrected chi connectivity index (χ1v) is 7.83. The third-order valence-corrected chi connectivity index (χ3v) is 4.51. The number of hydrogen-bond donors (Lipinski definition) is 1. The minimum absolute atomic E-state index is 0.297. The molecule has 1 aromatic carbocycles. The average molecular weight is 324 g/mol. The second-order valence-electron chi connectivity index (χ2n) is 4.52. The van der Waals surface area contributed by atoms with Gasteiger partial charge < -0.3 is 5.32 Å². The standard InChI is InChI=1S/C15H18BrNS/c1-4-17-14(15-11(3)5-6-18-15)12-7-10(2)8-13(16)9-12/h5-9,14,17H,4H2,1-3H3. The van der Waals surface area contributed by atoms with E-state index in [0.29, 0.717) is 6.04 Å². The van der Waals surface area contributed by atoms with Crippen LogP contribution >= 0.6 is 27.3 Å². The molecule has 1 aromatic heterocycles. The molecule has 2 rings (SSSR count). The van der Waals surface area contributed by atoms with Crippen molar-refractivity contribution in [3.63, 3.8) is 0 Å². The summed E-state index contributed by atoms with van der Waals surface area (Å²) >= 11 is 5.42. The third-order valence-electron chi connectivity index (χ3n) is 2.97. The van der Waals surface area contributed by atoms with Crippen LogP contribution in [0.3, 0.4) is 0 Å². The zero-order valence-corrected chi connectivity index (χ0v) is 13.4. The Labute approximate surface area is 121 Å². The van der Waals surface area contributed by atoms with Gasteiger partial charge in [0.25, 0.3) is 0 Å². The first kappa shape index (κ1) is 13.8. The van der Waals surface area contributed by atoms with Crippen molar-refractivity contribution in [2.45, 2.75) is 26.8 Å². The molecular weight excluding hydrogens is 306 g/mol. The lowest BCUT2D eigenvalue weighted by Gasteiger charge is -2.19. The van der Waals surface area contributed by atoms with Gasteiger partial charge in [0.05, 0.1) is 6.04 Å². The highest BCUT2D eigenvalue weighted by Crippen LogP contribution is 2.31. The molecule has 0 aliphatic rings. The SMILES string of the molecule is CCNC(c1cc(C)cc(Br)c1)c1sccc1C. The molecule has 18 heavy (non-hydrogen) atoms. The predicted molar refractivity (Wildman–Crippen MR) is 83.5 cm³/mol. The number of aryl methyl sites for hydroxylation is 2. The number of benzene rings is 1. The van der Waals surface area contributed by atoms with Crippen LogP contribution in [-0.2, 0) is 0 Å². The highest BCUT2D eigenvalue weighted by molar-refractivity contribution is 9.10. The molecule has 0 aliphatic carbocycles. The molecule has 0 bridgehead atoms. The summed E-state index contributed by atoms with van der Waals surface area (Å²) in [7, 11) is 0. The highest BCUT2D eigenvalue weighted by Gasteiger charge is 2.17. The maximum absolute atomic E-state index is 3.59. The average Bonchev–Trinajstić information content (AvgIpc) is 2.71. The summed E-state index contributed by atoms with van der Waals surface area (Å²) in [6.07, 6.45) is 0. The van der Waals surface area contributed by atoms with Crippen LogP contribution < -0.4 is 5.32 Å². The van der Waals surface area contributed by atoms with Crippen molar-refractivity contribution in [2.75, 3.05) is 6.54 Å². The molecule has 1 heterocycles. The molecule has 1 atom stereocenters. The number of nitrogens with one attached hydrogen (secondary N) is 1. The number of halogens is 1. The fraction of sp³-hybridized carbons (Fsp3) is 0.333. The van der Waals surface area contributed by atoms with Crippen LogP contribution in [-0.4, -0.2) is 6.54 Å². The predicted octanol–water partition coefficient (Wildman–Crippen LogP) is 4.83. The van der Waals surface area contributed by atoms with Gasteiger partial charge >= 0.3 is 0 Å². The summed E-state index contributed by atoms with van der Waals surface area (Å²) in [5, 5.41) is 5.75. The van der Waals surface area contributed by atoms with E-state index in [2.05, 4.69) is 71.7 Å². The molecule has 0 saturated heterocycles. The van der Waals surface area contributed by atoms with Gasteiger partial charge in [0, 0.05) is 9.35 Å². The molecule has 0 amide bonds. The van der Waals surface area contributed by atoms with E-state index in [1.807, 2.05) is 11.3 Å². The topological polar surface area (TPSA) is 12.0 Å². The van der Waals surface area contributed by atoms with Gasteiger partial charge in [-0.3, -0.25) is 0 Å². The van der Waals surface area contributed by atoms with Crippen LogP contribution in [0.15, 0.2) is 34.1 Å². The van der Waals surface area contributed by atoms with Crippen molar-refractivity contribution < 1.29 is 0 Å². The smallest absolute Gasteiger partial charge is 0.0674 e. The van der Waals surface area contributed by atoms with Crippen molar-refractivity contribution in [3.8, 4) is 0 Å². The Morgan fingerprint density at radius 2 is 2.06 bits per heavy atom. The second kappa shape index (κ2) is 6.00. The summed E-state index contributed by atoms with van der Waals surface area (Å²) in [5.41, 5.74) is 3.98. The molecule has 3 heteroatoms. The van der Waals surface area contributed by atoms with Crippen molar-refractivity contribution in [1.29, 1.82) is 0 Å². The minimum Gasteiger partial charge on any atom is -0.306 e. The van der Waals surface area contributed by atoms with Gasteiger partial charge in [-0.2, -0.15) is 0 Å². The van der Waals surface area contributed by atoms with Crippen LogP contribution in [0.5, 0.6) is 0 Å². The lowest BCUT2D eigenvalue weighted by atomic mass is 10.0. The van der Waals surface area contributed by atoms with Crippen LogP contribution in [0.4, 0.5) is 0 Å². The molecule has 96 valence electrons. The molecule has 1 unspecified atom stereocenters. The molecule has 0 saturated carbocycles. The normalized spacial score (nSPS) is 12.7. The Balaban J connectivity index is 2.44. The summed E-state index contributed by atoms with van der Waals surface area (Å²) in [5.74, 6) is 0. The van der Waals surface area contributed by atoms with E-state index in [-0.39, 0.29) is 0 Å². The monoisotopic (exact) mass is 323 g/mol. The molecule has 0 fully saturated rings. The van der Waals surface area contributed by atoms with E-state index in [1.54, 1.807) is 0 Å². The molecule has 0 spiro atoms. The Morgan fingerprint density at radius 1 is 1.28 bits per heavy atom. The number of rotatable bonds is 4. The van der Waals surface area contributed by atoms with Gasteiger partial charge in [-0.05, 0) is 60.7 Å². The summed E-state index contributed by atoms with van der Waals surface area (Å²) < 4.78 is 1.15.